The van der Waals surface area contributed by atoms with Gasteiger partial charge in [0.05, 0.1) is 11.3 Å². The minimum absolute atomic E-state index is 0.0898. The highest BCUT2D eigenvalue weighted by molar-refractivity contribution is 5.69. The van der Waals surface area contributed by atoms with Gasteiger partial charge in [-0.2, -0.15) is 13.2 Å². The van der Waals surface area contributed by atoms with Crippen LogP contribution >= 0.6 is 0 Å². The number of rotatable bonds is 5. The van der Waals surface area contributed by atoms with Crippen molar-refractivity contribution in [3.05, 3.63) is 29.5 Å². The summed E-state index contributed by atoms with van der Waals surface area (Å²) in [6.07, 6.45) is -5.12. The molecule has 0 bridgehead atoms. The van der Waals surface area contributed by atoms with E-state index in [0.717, 1.165) is 12.1 Å². The van der Waals surface area contributed by atoms with Gasteiger partial charge in [-0.3, -0.25) is 0 Å². The fourth-order valence-electron chi connectivity index (χ4n) is 2.44. The molecule has 11 heteroatoms. The van der Waals surface area contributed by atoms with Gasteiger partial charge in [-0.05, 0) is 52.8 Å². The quantitative estimate of drug-likeness (QED) is 0.664. The van der Waals surface area contributed by atoms with Crippen LogP contribution in [0.3, 0.4) is 0 Å². The highest BCUT2D eigenvalue weighted by Crippen LogP contribution is 2.36. The predicted molar refractivity (Wildman–Crippen MR) is 104 cm³/mol. The second-order valence-electron chi connectivity index (χ2n) is 7.73. The number of alkyl carbamates (subject to hydrolysis) is 1. The lowest BCUT2D eigenvalue weighted by Gasteiger charge is -2.22. The number of aromatic hydroxyl groups is 1. The molecule has 1 unspecified atom stereocenters. The predicted octanol–water partition coefficient (Wildman–Crippen LogP) is 3.90. The Morgan fingerprint density at radius 3 is 2.43 bits per heavy atom. The van der Waals surface area contributed by atoms with Crippen molar-refractivity contribution in [3.63, 3.8) is 0 Å². The maximum Gasteiger partial charge on any atom is 0.416 e. The van der Waals surface area contributed by atoms with Gasteiger partial charge < -0.3 is 20.5 Å². The van der Waals surface area contributed by atoms with E-state index in [0.29, 0.717) is 11.8 Å². The lowest BCUT2D eigenvalue weighted by molar-refractivity contribution is -0.137. The third-order valence-electron chi connectivity index (χ3n) is 3.77. The topological polar surface area (TPSA) is 109 Å². The van der Waals surface area contributed by atoms with Crippen LogP contribution in [-0.2, 0) is 10.9 Å². The monoisotopic (exact) mass is 427 g/mol. The average Bonchev–Trinajstić information content (AvgIpc) is 2.58. The second kappa shape index (κ2) is 8.72. The van der Waals surface area contributed by atoms with Gasteiger partial charge in [0, 0.05) is 18.2 Å². The summed E-state index contributed by atoms with van der Waals surface area (Å²) in [5, 5.41) is 23.4. The van der Waals surface area contributed by atoms with Crippen molar-refractivity contribution in [1.29, 1.82) is 0 Å². The molecule has 3 N–H and O–H groups in total. The number of carbonyl (C=O) groups is 1. The van der Waals surface area contributed by atoms with Crippen molar-refractivity contribution < 1.29 is 27.8 Å². The first-order valence-electron chi connectivity index (χ1n) is 9.11. The van der Waals surface area contributed by atoms with Gasteiger partial charge in [-0.15, -0.1) is 10.2 Å². The van der Waals surface area contributed by atoms with E-state index in [1.165, 1.54) is 0 Å². The summed E-state index contributed by atoms with van der Waals surface area (Å²) in [5.74, 6) is -0.402. The molecule has 0 aliphatic rings. The molecule has 30 heavy (non-hydrogen) atoms. The summed E-state index contributed by atoms with van der Waals surface area (Å²) in [5.41, 5.74) is -0.970. The third-order valence-corrected chi connectivity index (χ3v) is 3.77. The average molecular weight is 427 g/mol. The molecule has 0 aliphatic carbocycles. The van der Waals surface area contributed by atoms with Crippen LogP contribution < -0.4 is 10.6 Å². The van der Waals surface area contributed by atoms with E-state index >= 15 is 0 Å². The number of amides is 1. The molecule has 0 fully saturated rings. The van der Waals surface area contributed by atoms with Crippen molar-refractivity contribution in [3.8, 4) is 17.0 Å². The number of phenols is 1. The number of hydrogen-bond donors (Lipinski definition) is 3. The zero-order valence-electron chi connectivity index (χ0n) is 17.3. The maximum absolute atomic E-state index is 12.8. The van der Waals surface area contributed by atoms with Crippen LogP contribution in [0.2, 0.25) is 0 Å². The molecule has 2 aromatic rings. The molecule has 0 saturated heterocycles. The fraction of sp³-hybridized carbons (Fsp3) is 0.474. The molecule has 1 atom stereocenters. The lowest BCUT2D eigenvalue weighted by Crippen LogP contribution is -2.41. The largest absolute Gasteiger partial charge is 0.507 e. The number of anilines is 1. The summed E-state index contributed by atoms with van der Waals surface area (Å²) in [4.78, 5) is 16.0. The maximum atomic E-state index is 12.8. The highest BCUT2D eigenvalue weighted by atomic mass is 19.4. The van der Waals surface area contributed by atoms with Crippen LogP contribution in [0.25, 0.3) is 11.3 Å². The van der Waals surface area contributed by atoms with Crippen LogP contribution in [0.1, 0.15) is 39.0 Å². The van der Waals surface area contributed by atoms with E-state index in [9.17, 15) is 23.1 Å². The molecule has 1 aromatic carbocycles. The summed E-state index contributed by atoms with van der Waals surface area (Å²) < 4.78 is 43.4. The first-order chi connectivity index (χ1) is 13.8. The minimum atomic E-state index is -4.56. The number of carbonyl (C=O) groups excluding carboxylic acids is 1. The Hall–Kier alpha value is -3.11. The van der Waals surface area contributed by atoms with Gasteiger partial charge in [0.1, 0.15) is 17.0 Å². The van der Waals surface area contributed by atoms with Gasteiger partial charge in [0.15, 0.2) is 0 Å². The van der Waals surface area contributed by atoms with Crippen LogP contribution in [0.5, 0.6) is 5.75 Å². The summed E-state index contributed by atoms with van der Waals surface area (Å²) in [6.45, 7) is 8.90. The first-order valence-corrected chi connectivity index (χ1v) is 9.11. The van der Waals surface area contributed by atoms with Crippen molar-refractivity contribution in [2.45, 2.75) is 52.4 Å². The van der Waals surface area contributed by atoms with E-state index < -0.39 is 29.2 Å². The van der Waals surface area contributed by atoms with Crippen LogP contribution in [-0.4, -0.2) is 44.6 Å². The van der Waals surface area contributed by atoms with Crippen LogP contribution in [0.4, 0.5) is 23.9 Å². The zero-order chi connectivity index (χ0) is 22.7. The van der Waals surface area contributed by atoms with Gasteiger partial charge in [-0.25, -0.2) is 9.78 Å². The minimum Gasteiger partial charge on any atom is -0.507 e. The molecule has 0 radical (unpaired) electrons. The van der Waals surface area contributed by atoms with Crippen LogP contribution in [0, 0.1) is 6.92 Å². The molecule has 1 heterocycles. The third kappa shape index (κ3) is 6.46. The number of aromatic nitrogens is 3. The Kier molecular flexibility index (Phi) is 6.73. The number of nitrogens with zero attached hydrogens (tertiary/aromatic N) is 3. The number of nitrogens with one attached hydrogen (secondary N) is 2. The molecule has 1 aromatic heterocycles. The van der Waals surface area contributed by atoms with E-state index in [-0.39, 0.29) is 29.8 Å². The smallest absolute Gasteiger partial charge is 0.416 e. The van der Waals surface area contributed by atoms with Gasteiger partial charge in [0.2, 0.25) is 5.95 Å². The number of ether oxygens (including phenoxy) is 1. The second-order valence-corrected chi connectivity index (χ2v) is 7.73. The number of hydrogen-bond acceptors (Lipinski definition) is 7. The normalized spacial score (nSPS) is 12.9. The summed E-state index contributed by atoms with van der Waals surface area (Å²) in [7, 11) is 0. The zero-order valence-corrected chi connectivity index (χ0v) is 17.3. The Morgan fingerprint density at radius 1 is 1.23 bits per heavy atom. The number of aryl methyl sites for hydroxylation is 1. The van der Waals surface area contributed by atoms with Crippen molar-refractivity contribution in [2.75, 3.05) is 11.9 Å². The molecule has 1 amide bonds. The summed E-state index contributed by atoms with van der Waals surface area (Å²) >= 11 is 0. The fourth-order valence-corrected chi connectivity index (χ4v) is 2.44. The van der Waals surface area contributed by atoms with E-state index in [1.807, 2.05) is 0 Å². The highest BCUT2D eigenvalue weighted by Gasteiger charge is 2.31. The molecule has 0 spiro atoms. The van der Waals surface area contributed by atoms with Crippen LogP contribution in [0.15, 0.2) is 18.2 Å². The number of phenolic OH excluding ortho intramolecular Hbond substituents is 1. The van der Waals surface area contributed by atoms with Crippen molar-refractivity contribution in [1.82, 2.24) is 20.5 Å². The lowest BCUT2D eigenvalue weighted by atomic mass is 10.1. The van der Waals surface area contributed by atoms with Gasteiger partial charge in [0.25, 0.3) is 0 Å². The van der Waals surface area contributed by atoms with E-state index in [4.69, 9.17) is 4.74 Å². The number of alkyl halides is 3. The van der Waals surface area contributed by atoms with Gasteiger partial charge in [-0.1, -0.05) is 0 Å². The number of benzene rings is 1. The van der Waals surface area contributed by atoms with Crippen molar-refractivity contribution in [2.24, 2.45) is 0 Å². The molecular formula is C19H24F3N5O3. The molecule has 0 aliphatic heterocycles. The molecule has 8 nitrogen and oxygen atoms in total. The van der Waals surface area contributed by atoms with Gasteiger partial charge >= 0.3 is 12.3 Å². The standard InChI is InChI=1S/C19H24F3N5O3/c1-10(24-17(29)30-18(3,4)5)9-23-16-25-11(2)15(26-27-16)13-7-6-12(8-14(13)28)19(20,21)22/h6-8,10,28H,9H2,1-5H3,(H,24,29)(H,23,25,27). The number of halogens is 3. The van der Waals surface area contributed by atoms with Crippen molar-refractivity contribution >= 4 is 12.0 Å². The Morgan fingerprint density at radius 2 is 1.90 bits per heavy atom. The molecule has 2 rings (SSSR count). The Labute approximate surface area is 171 Å². The molecule has 164 valence electrons. The SMILES string of the molecule is Cc1nc(NCC(C)NC(=O)OC(C)(C)C)nnc1-c1ccc(C(F)(F)F)cc1O. The van der Waals surface area contributed by atoms with E-state index in [1.54, 1.807) is 34.6 Å². The summed E-state index contributed by atoms with van der Waals surface area (Å²) in [6, 6.07) is 2.30. The molecular weight excluding hydrogens is 403 g/mol. The Bertz CT molecular complexity index is 913. The first kappa shape index (κ1) is 23.2. The Balaban J connectivity index is 2.05. The molecule has 0 saturated carbocycles. The van der Waals surface area contributed by atoms with E-state index in [2.05, 4.69) is 25.8 Å².